The van der Waals surface area contributed by atoms with E-state index in [9.17, 15) is 0 Å². The van der Waals surface area contributed by atoms with E-state index in [-0.39, 0.29) is 0 Å². The largest absolute Gasteiger partial charge is 0.316 e. The molecule has 3 nitrogen and oxygen atoms in total. The quantitative estimate of drug-likeness (QED) is 0.795. The summed E-state index contributed by atoms with van der Waals surface area (Å²) in [6.45, 7) is 4.09. The first kappa shape index (κ1) is 12.2. The number of nitrogens with one attached hydrogen (secondary N) is 1. The fraction of sp³-hybridized carbons (Fsp3) is 0.385. The standard InChI is InChI=1S/C13H17N3S/c1-11-13(17-10-16-11)5-8-14-7-4-12-3-2-6-15-9-12/h2-3,6,9-10,14H,4-5,7-8H2,1H3. The summed E-state index contributed by atoms with van der Waals surface area (Å²) in [5.41, 5.74) is 4.37. The van der Waals surface area contributed by atoms with Crippen LogP contribution < -0.4 is 5.32 Å². The van der Waals surface area contributed by atoms with Crippen molar-refractivity contribution in [1.29, 1.82) is 0 Å². The zero-order valence-electron chi connectivity index (χ0n) is 10.0. The molecule has 2 aromatic rings. The number of aryl methyl sites for hydroxylation is 1. The van der Waals surface area contributed by atoms with Crippen molar-refractivity contribution < 1.29 is 0 Å². The number of hydrogen-bond acceptors (Lipinski definition) is 4. The normalized spacial score (nSPS) is 10.6. The van der Waals surface area contributed by atoms with Crippen molar-refractivity contribution >= 4 is 11.3 Å². The van der Waals surface area contributed by atoms with Crippen molar-refractivity contribution in [3.63, 3.8) is 0 Å². The van der Waals surface area contributed by atoms with Crippen molar-refractivity contribution in [2.75, 3.05) is 13.1 Å². The predicted octanol–water partition coefficient (Wildman–Crippen LogP) is 2.22. The summed E-state index contributed by atoms with van der Waals surface area (Å²) in [7, 11) is 0. The van der Waals surface area contributed by atoms with E-state index in [2.05, 4.69) is 28.3 Å². The lowest BCUT2D eigenvalue weighted by molar-refractivity contribution is 0.682. The Balaban J connectivity index is 1.63. The fourth-order valence-corrected chi connectivity index (χ4v) is 2.45. The summed E-state index contributed by atoms with van der Waals surface area (Å²) >= 11 is 1.74. The summed E-state index contributed by atoms with van der Waals surface area (Å²) in [5.74, 6) is 0. The van der Waals surface area contributed by atoms with Gasteiger partial charge in [-0.05, 0) is 37.9 Å². The topological polar surface area (TPSA) is 37.8 Å². The van der Waals surface area contributed by atoms with Crippen LogP contribution in [-0.2, 0) is 12.8 Å². The minimum absolute atomic E-state index is 1.00. The van der Waals surface area contributed by atoms with E-state index in [4.69, 9.17) is 0 Å². The van der Waals surface area contributed by atoms with Gasteiger partial charge in [0.1, 0.15) is 0 Å². The molecule has 2 aromatic heterocycles. The van der Waals surface area contributed by atoms with Gasteiger partial charge in [-0.15, -0.1) is 11.3 Å². The van der Waals surface area contributed by atoms with E-state index in [1.807, 2.05) is 24.0 Å². The molecule has 4 heteroatoms. The maximum absolute atomic E-state index is 4.25. The monoisotopic (exact) mass is 247 g/mol. The second-order valence-electron chi connectivity index (χ2n) is 3.97. The third-order valence-corrected chi connectivity index (χ3v) is 3.68. The van der Waals surface area contributed by atoms with E-state index >= 15 is 0 Å². The van der Waals surface area contributed by atoms with Gasteiger partial charge in [0.2, 0.25) is 0 Å². The first-order valence-corrected chi connectivity index (χ1v) is 6.73. The van der Waals surface area contributed by atoms with Crippen LogP contribution in [0.4, 0.5) is 0 Å². The van der Waals surface area contributed by atoms with E-state index in [0.717, 1.165) is 25.9 Å². The molecule has 0 atom stereocenters. The van der Waals surface area contributed by atoms with Crippen LogP contribution in [0.3, 0.4) is 0 Å². The fourth-order valence-electron chi connectivity index (χ4n) is 1.67. The average Bonchev–Trinajstić information content (AvgIpc) is 2.76. The second kappa shape index (κ2) is 6.47. The van der Waals surface area contributed by atoms with Crippen molar-refractivity contribution in [2.45, 2.75) is 19.8 Å². The van der Waals surface area contributed by atoms with E-state index in [1.54, 1.807) is 11.3 Å². The molecule has 0 radical (unpaired) electrons. The molecule has 0 aliphatic heterocycles. The van der Waals surface area contributed by atoms with Gasteiger partial charge >= 0.3 is 0 Å². The molecule has 0 aliphatic rings. The Hall–Kier alpha value is -1.26. The number of aromatic nitrogens is 2. The highest BCUT2D eigenvalue weighted by Crippen LogP contribution is 2.11. The molecule has 0 amide bonds. The summed E-state index contributed by atoms with van der Waals surface area (Å²) in [6, 6.07) is 4.10. The van der Waals surface area contributed by atoms with Gasteiger partial charge in [0.25, 0.3) is 0 Å². The number of thiazole rings is 1. The van der Waals surface area contributed by atoms with Crippen LogP contribution >= 0.6 is 11.3 Å². The maximum Gasteiger partial charge on any atom is 0.0797 e. The number of rotatable bonds is 6. The highest BCUT2D eigenvalue weighted by molar-refractivity contribution is 7.09. The zero-order chi connectivity index (χ0) is 11.9. The van der Waals surface area contributed by atoms with Crippen LogP contribution in [0.5, 0.6) is 0 Å². The van der Waals surface area contributed by atoms with Crippen LogP contribution in [-0.4, -0.2) is 23.1 Å². The summed E-state index contributed by atoms with van der Waals surface area (Å²) in [4.78, 5) is 9.73. The Labute approximate surface area is 106 Å². The van der Waals surface area contributed by atoms with Gasteiger partial charge in [-0.1, -0.05) is 6.07 Å². The molecular formula is C13H17N3S. The lowest BCUT2D eigenvalue weighted by Crippen LogP contribution is -2.20. The lowest BCUT2D eigenvalue weighted by atomic mass is 10.2. The van der Waals surface area contributed by atoms with E-state index < -0.39 is 0 Å². The van der Waals surface area contributed by atoms with Crippen LogP contribution in [0.2, 0.25) is 0 Å². The van der Waals surface area contributed by atoms with Crippen molar-refractivity contribution in [1.82, 2.24) is 15.3 Å². The predicted molar refractivity (Wildman–Crippen MR) is 71.4 cm³/mol. The molecular weight excluding hydrogens is 230 g/mol. The van der Waals surface area contributed by atoms with E-state index in [1.165, 1.54) is 16.1 Å². The molecule has 17 heavy (non-hydrogen) atoms. The molecule has 0 aliphatic carbocycles. The first-order valence-electron chi connectivity index (χ1n) is 5.85. The maximum atomic E-state index is 4.25. The highest BCUT2D eigenvalue weighted by Gasteiger charge is 2.00. The van der Waals surface area contributed by atoms with Gasteiger partial charge in [-0.3, -0.25) is 4.98 Å². The van der Waals surface area contributed by atoms with Crippen molar-refractivity contribution in [2.24, 2.45) is 0 Å². The SMILES string of the molecule is Cc1ncsc1CCNCCc1cccnc1. The smallest absolute Gasteiger partial charge is 0.0797 e. The molecule has 0 spiro atoms. The van der Waals surface area contributed by atoms with Crippen LogP contribution in [0.25, 0.3) is 0 Å². The van der Waals surface area contributed by atoms with Crippen molar-refractivity contribution in [3.05, 3.63) is 46.2 Å². The van der Waals surface area contributed by atoms with Gasteiger partial charge < -0.3 is 5.32 Å². The van der Waals surface area contributed by atoms with E-state index in [0.29, 0.717) is 0 Å². The zero-order valence-corrected chi connectivity index (χ0v) is 10.8. The van der Waals surface area contributed by atoms with Gasteiger partial charge in [0, 0.05) is 23.8 Å². The molecule has 1 N–H and O–H groups in total. The Morgan fingerprint density at radius 3 is 2.88 bits per heavy atom. The third-order valence-electron chi connectivity index (χ3n) is 2.69. The van der Waals surface area contributed by atoms with Gasteiger partial charge in [-0.2, -0.15) is 0 Å². The minimum atomic E-state index is 1.00. The first-order chi connectivity index (χ1) is 8.36. The Bertz CT molecular complexity index is 439. The Morgan fingerprint density at radius 2 is 2.18 bits per heavy atom. The highest BCUT2D eigenvalue weighted by atomic mass is 32.1. The molecule has 0 aromatic carbocycles. The van der Waals surface area contributed by atoms with Crippen molar-refractivity contribution in [3.8, 4) is 0 Å². The van der Waals surface area contributed by atoms with Gasteiger partial charge in [0.15, 0.2) is 0 Å². The summed E-state index contributed by atoms with van der Waals surface area (Å²) in [5, 5.41) is 3.45. The molecule has 2 heterocycles. The molecule has 0 bridgehead atoms. The number of pyridine rings is 1. The molecule has 90 valence electrons. The number of nitrogens with zero attached hydrogens (tertiary/aromatic N) is 2. The summed E-state index contributed by atoms with van der Waals surface area (Å²) in [6.07, 6.45) is 5.84. The average molecular weight is 247 g/mol. The second-order valence-corrected chi connectivity index (χ2v) is 4.91. The molecule has 0 saturated carbocycles. The Kier molecular flexibility index (Phi) is 4.64. The van der Waals surface area contributed by atoms with Gasteiger partial charge in [0.05, 0.1) is 11.2 Å². The molecule has 0 saturated heterocycles. The number of hydrogen-bond donors (Lipinski definition) is 1. The molecule has 0 fully saturated rings. The molecule has 2 rings (SSSR count). The summed E-state index contributed by atoms with van der Waals surface area (Å²) < 4.78 is 0. The minimum Gasteiger partial charge on any atom is -0.316 e. The Morgan fingerprint density at radius 1 is 1.29 bits per heavy atom. The van der Waals surface area contributed by atoms with Gasteiger partial charge in [-0.25, -0.2) is 4.98 Å². The lowest BCUT2D eigenvalue weighted by Gasteiger charge is -2.04. The van der Waals surface area contributed by atoms with Crippen LogP contribution in [0, 0.1) is 6.92 Å². The third kappa shape index (κ3) is 3.91. The van der Waals surface area contributed by atoms with Crippen LogP contribution in [0.1, 0.15) is 16.1 Å². The van der Waals surface area contributed by atoms with Crippen LogP contribution in [0.15, 0.2) is 30.0 Å². The molecule has 0 unspecified atom stereocenters.